The second kappa shape index (κ2) is 5.95. The number of carbonyl (C=O) groups excluding carboxylic acids is 1. The fraction of sp³-hybridized carbons (Fsp3) is 0.789. The standard InChI is InChI=1S/C19H33N3O/c1-12-16(18(3,4)5)15-9-14(10-20-13(2)23)11-22(15)17(21-12)19(6,7)8/h12,14H,9-11H2,1-8H3,(H,20,23)/t12-,14-/m0/s1. The van der Waals surface area contributed by atoms with Crippen molar-refractivity contribution in [3.05, 3.63) is 11.3 Å². The van der Waals surface area contributed by atoms with Crippen molar-refractivity contribution in [1.82, 2.24) is 10.2 Å². The summed E-state index contributed by atoms with van der Waals surface area (Å²) in [6.07, 6.45) is 1.03. The van der Waals surface area contributed by atoms with E-state index in [1.54, 1.807) is 6.92 Å². The lowest BCUT2D eigenvalue weighted by Gasteiger charge is -2.41. The van der Waals surface area contributed by atoms with Gasteiger partial charge in [0.05, 0.1) is 6.04 Å². The Morgan fingerprint density at radius 1 is 1.22 bits per heavy atom. The summed E-state index contributed by atoms with van der Waals surface area (Å²) in [5, 5.41) is 2.99. The molecule has 4 nitrogen and oxygen atoms in total. The number of nitrogens with zero attached hydrogens (tertiary/aromatic N) is 2. The van der Waals surface area contributed by atoms with E-state index in [0.29, 0.717) is 5.92 Å². The molecule has 0 aromatic heterocycles. The Kier molecular flexibility index (Phi) is 4.67. The Hall–Kier alpha value is -1.32. The Bertz CT molecular complexity index is 546. The van der Waals surface area contributed by atoms with Crippen LogP contribution in [0.4, 0.5) is 0 Å². The van der Waals surface area contributed by atoms with E-state index in [1.165, 1.54) is 17.1 Å². The van der Waals surface area contributed by atoms with Crippen LogP contribution in [0.3, 0.4) is 0 Å². The molecule has 130 valence electrons. The SMILES string of the molecule is CC(=O)NC[C@@H]1CC2=C(C(C)(C)C)[C@H](C)N=C(C(C)(C)C)N2C1. The van der Waals surface area contributed by atoms with Gasteiger partial charge in [0.1, 0.15) is 5.84 Å². The van der Waals surface area contributed by atoms with E-state index >= 15 is 0 Å². The maximum absolute atomic E-state index is 11.3. The first kappa shape index (κ1) is 18.0. The normalized spacial score (nSPS) is 25.4. The average molecular weight is 319 g/mol. The molecule has 2 aliphatic heterocycles. The first-order valence-corrected chi connectivity index (χ1v) is 8.75. The molecule has 0 radical (unpaired) electrons. The highest BCUT2D eigenvalue weighted by Gasteiger charge is 2.42. The van der Waals surface area contributed by atoms with Crippen LogP contribution in [-0.2, 0) is 4.79 Å². The Morgan fingerprint density at radius 2 is 1.83 bits per heavy atom. The van der Waals surface area contributed by atoms with Gasteiger partial charge < -0.3 is 10.2 Å². The van der Waals surface area contributed by atoms with Gasteiger partial charge in [-0.1, -0.05) is 41.5 Å². The first-order chi connectivity index (χ1) is 10.4. The number of amidine groups is 1. The molecule has 23 heavy (non-hydrogen) atoms. The van der Waals surface area contributed by atoms with Crippen LogP contribution in [0.25, 0.3) is 0 Å². The molecule has 4 heteroatoms. The molecule has 2 atom stereocenters. The smallest absolute Gasteiger partial charge is 0.216 e. The first-order valence-electron chi connectivity index (χ1n) is 8.75. The molecule has 1 saturated heterocycles. The van der Waals surface area contributed by atoms with Gasteiger partial charge in [0.2, 0.25) is 5.91 Å². The lowest BCUT2D eigenvalue weighted by Crippen LogP contribution is -2.43. The summed E-state index contributed by atoms with van der Waals surface area (Å²) in [5.74, 6) is 1.71. The molecule has 0 spiro atoms. The molecule has 2 heterocycles. The van der Waals surface area contributed by atoms with E-state index in [0.717, 1.165) is 19.5 Å². The van der Waals surface area contributed by atoms with E-state index in [-0.39, 0.29) is 22.8 Å². The Labute approximate surface area is 141 Å². The minimum Gasteiger partial charge on any atom is -0.356 e. The molecular formula is C19H33N3O. The quantitative estimate of drug-likeness (QED) is 0.845. The fourth-order valence-electron chi connectivity index (χ4n) is 3.93. The highest BCUT2D eigenvalue weighted by Crippen LogP contribution is 2.44. The van der Waals surface area contributed by atoms with Gasteiger partial charge in [-0.05, 0) is 30.3 Å². The summed E-state index contributed by atoms with van der Waals surface area (Å²) in [6, 6.07) is 0.231. The lowest BCUT2D eigenvalue weighted by atomic mass is 9.79. The van der Waals surface area contributed by atoms with Gasteiger partial charge >= 0.3 is 0 Å². The zero-order chi connectivity index (χ0) is 17.6. The molecule has 0 unspecified atom stereocenters. The zero-order valence-electron chi connectivity index (χ0n) is 16.1. The lowest BCUT2D eigenvalue weighted by molar-refractivity contribution is -0.119. The van der Waals surface area contributed by atoms with Gasteiger partial charge in [-0.15, -0.1) is 0 Å². The van der Waals surface area contributed by atoms with Gasteiger partial charge in [-0.2, -0.15) is 0 Å². The summed E-state index contributed by atoms with van der Waals surface area (Å²) in [7, 11) is 0. The van der Waals surface area contributed by atoms with Crippen molar-refractivity contribution in [2.24, 2.45) is 21.7 Å². The van der Waals surface area contributed by atoms with Gasteiger partial charge in [0, 0.05) is 31.1 Å². The summed E-state index contributed by atoms with van der Waals surface area (Å²) in [5.41, 5.74) is 3.05. The van der Waals surface area contributed by atoms with Crippen LogP contribution in [-0.4, -0.2) is 35.8 Å². The molecule has 0 saturated carbocycles. The highest BCUT2D eigenvalue weighted by molar-refractivity contribution is 5.90. The van der Waals surface area contributed by atoms with Gasteiger partial charge in [0.15, 0.2) is 0 Å². The molecule has 0 bridgehead atoms. The number of hydrogen-bond acceptors (Lipinski definition) is 3. The number of amides is 1. The molecule has 1 amide bonds. The molecule has 1 fully saturated rings. The van der Waals surface area contributed by atoms with E-state index in [1.807, 2.05) is 0 Å². The van der Waals surface area contributed by atoms with Crippen molar-refractivity contribution >= 4 is 11.7 Å². The van der Waals surface area contributed by atoms with Crippen molar-refractivity contribution < 1.29 is 4.79 Å². The minimum atomic E-state index is 0.0336. The second-order valence-corrected chi connectivity index (χ2v) is 9.11. The minimum absolute atomic E-state index is 0.0336. The molecule has 2 rings (SSSR count). The van der Waals surface area contributed by atoms with Crippen molar-refractivity contribution in [3.8, 4) is 0 Å². The highest BCUT2D eigenvalue weighted by atomic mass is 16.1. The third-order valence-corrected chi connectivity index (χ3v) is 4.67. The third-order valence-electron chi connectivity index (χ3n) is 4.67. The van der Waals surface area contributed by atoms with E-state index in [2.05, 4.69) is 58.7 Å². The van der Waals surface area contributed by atoms with E-state index in [9.17, 15) is 4.79 Å². The number of aliphatic imine (C=N–C) groups is 1. The predicted octanol–water partition coefficient (Wildman–Crippen LogP) is 3.59. The number of carbonyl (C=O) groups is 1. The van der Waals surface area contributed by atoms with Gasteiger partial charge in [0.25, 0.3) is 0 Å². The van der Waals surface area contributed by atoms with Crippen molar-refractivity contribution in [2.75, 3.05) is 13.1 Å². The molecule has 1 N–H and O–H groups in total. The number of rotatable bonds is 2. The number of fused-ring (bicyclic) bond motifs is 1. The maximum atomic E-state index is 11.3. The van der Waals surface area contributed by atoms with Crippen molar-refractivity contribution in [2.45, 2.75) is 67.9 Å². The van der Waals surface area contributed by atoms with Crippen LogP contribution in [0, 0.1) is 16.7 Å². The molecule has 2 aliphatic rings. The van der Waals surface area contributed by atoms with Crippen LogP contribution in [0.5, 0.6) is 0 Å². The zero-order valence-corrected chi connectivity index (χ0v) is 16.1. The summed E-state index contributed by atoms with van der Waals surface area (Å²) < 4.78 is 0. The Balaban J connectivity index is 2.38. The van der Waals surface area contributed by atoms with Gasteiger partial charge in [-0.3, -0.25) is 9.79 Å². The Morgan fingerprint density at radius 3 is 2.30 bits per heavy atom. The fourth-order valence-corrected chi connectivity index (χ4v) is 3.93. The number of allylic oxidation sites excluding steroid dienone is 1. The third kappa shape index (κ3) is 3.78. The topological polar surface area (TPSA) is 44.7 Å². The largest absolute Gasteiger partial charge is 0.356 e. The maximum Gasteiger partial charge on any atom is 0.216 e. The summed E-state index contributed by atoms with van der Waals surface area (Å²) in [4.78, 5) is 18.8. The summed E-state index contributed by atoms with van der Waals surface area (Å²) >= 11 is 0. The van der Waals surface area contributed by atoms with Crippen LogP contribution in [0.2, 0.25) is 0 Å². The second-order valence-electron chi connectivity index (χ2n) is 9.11. The van der Waals surface area contributed by atoms with Crippen LogP contribution in [0.15, 0.2) is 16.3 Å². The van der Waals surface area contributed by atoms with Crippen molar-refractivity contribution in [1.29, 1.82) is 0 Å². The monoisotopic (exact) mass is 319 g/mol. The predicted molar refractivity (Wildman–Crippen MR) is 96.3 cm³/mol. The molecule has 0 aliphatic carbocycles. The molecule has 0 aromatic carbocycles. The summed E-state index contributed by atoms with van der Waals surface area (Å²) in [6.45, 7) is 19.1. The number of nitrogens with one attached hydrogen (secondary N) is 1. The van der Waals surface area contributed by atoms with Gasteiger partial charge in [-0.25, -0.2) is 0 Å². The van der Waals surface area contributed by atoms with Crippen LogP contribution >= 0.6 is 0 Å². The average Bonchev–Trinajstić information content (AvgIpc) is 2.75. The number of hydrogen-bond donors (Lipinski definition) is 1. The molecule has 0 aromatic rings. The van der Waals surface area contributed by atoms with E-state index in [4.69, 9.17) is 4.99 Å². The van der Waals surface area contributed by atoms with E-state index < -0.39 is 0 Å². The molecular weight excluding hydrogens is 286 g/mol. The van der Waals surface area contributed by atoms with Crippen LogP contribution < -0.4 is 5.32 Å². The van der Waals surface area contributed by atoms with Crippen LogP contribution in [0.1, 0.15) is 61.8 Å². The van der Waals surface area contributed by atoms with Crippen molar-refractivity contribution in [3.63, 3.8) is 0 Å².